The number of aliphatic hydroxyl groups excluding tert-OH is 2. The number of aliphatic hydroxyl groups is 2. The Balaban J connectivity index is 2.36. The molecule has 0 bridgehead atoms. The van der Waals surface area contributed by atoms with Crippen molar-refractivity contribution in [2.24, 2.45) is 5.73 Å². The Bertz CT molecular complexity index is 242. The summed E-state index contributed by atoms with van der Waals surface area (Å²) < 4.78 is 5.02. The number of rotatable bonds is 3. The minimum absolute atomic E-state index is 0.131. The molecule has 0 aliphatic carbocycles. The lowest BCUT2D eigenvalue weighted by molar-refractivity contribution is -0.219. The number of ether oxygens (including phenoxy) is 1. The second kappa shape index (κ2) is 6.00. The van der Waals surface area contributed by atoms with Crippen LogP contribution in [0.25, 0.3) is 0 Å². The molecule has 94 valence electrons. The van der Waals surface area contributed by atoms with Crippen LogP contribution in [-0.2, 0) is 9.53 Å². The third-order valence-corrected chi connectivity index (χ3v) is 2.70. The molecule has 1 rings (SSSR count). The molecule has 0 saturated carbocycles. The van der Waals surface area contributed by atoms with E-state index in [2.05, 4.69) is 5.32 Å². The van der Waals surface area contributed by atoms with Crippen LogP contribution >= 0.6 is 23.2 Å². The maximum absolute atomic E-state index is 11.0. The molecule has 1 amide bonds. The van der Waals surface area contributed by atoms with Crippen LogP contribution in [0, 0.1) is 0 Å². The summed E-state index contributed by atoms with van der Waals surface area (Å²) in [6.07, 6.45) is -2.59. The number of carbonyl (C=O) groups excluding carboxylic acids is 1. The summed E-state index contributed by atoms with van der Waals surface area (Å²) in [5.74, 6) is -0.541. The van der Waals surface area contributed by atoms with Crippen molar-refractivity contribution in [2.45, 2.75) is 35.8 Å². The maximum atomic E-state index is 11.0. The van der Waals surface area contributed by atoms with E-state index in [9.17, 15) is 15.0 Å². The number of carbonyl (C=O) groups is 1. The number of halogens is 2. The molecule has 0 radical (unpaired) electrons. The van der Waals surface area contributed by atoms with Gasteiger partial charge in [0.05, 0.1) is 6.10 Å². The fraction of sp³-hybridized carbons (Fsp3) is 0.875. The van der Waals surface area contributed by atoms with Crippen LogP contribution in [0.15, 0.2) is 0 Å². The van der Waals surface area contributed by atoms with Gasteiger partial charge < -0.3 is 26.0 Å². The predicted molar refractivity (Wildman–Crippen MR) is 58.0 cm³/mol. The van der Waals surface area contributed by atoms with E-state index in [1.165, 1.54) is 0 Å². The number of hydrogen-bond acceptors (Lipinski definition) is 5. The molecule has 2 unspecified atom stereocenters. The molecule has 5 N–H and O–H groups in total. The lowest BCUT2D eigenvalue weighted by atomic mass is 10.0. The van der Waals surface area contributed by atoms with Crippen LogP contribution in [-0.4, -0.2) is 52.0 Å². The van der Waals surface area contributed by atoms with Gasteiger partial charge in [0.1, 0.15) is 6.10 Å². The van der Waals surface area contributed by atoms with E-state index in [-0.39, 0.29) is 6.54 Å². The third-order valence-electron chi connectivity index (χ3n) is 2.30. The van der Waals surface area contributed by atoms with Gasteiger partial charge in [0.15, 0.2) is 11.1 Å². The van der Waals surface area contributed by atoms with E-state index >= 15 is 0 Å². The summed E-state index contributed by atoms with van der Waals surface area (Å²) in [6, 6.07) is -0.589. The highest BCUT2D eigenvalue weighted by molar-refractivity contribution is 6.53. The molecule has 1 saturated heterocycles. The van der Waals surface area contributed by atoms with E-state index < -0.39 is 35.3 Å². The van der Waals surface area contributed by atoms with Gasteiger partial charge in [-0.15, -0.1) is 0 Å². The Kier molecular flexibility index (Phi) is 5.23. The van der Waals surface area contributed by atoms with Gasteiger partial charge in [-0.1, -0.05) is 23.2 Å². The van der Waals surface area contributed by atoms with Crippen molar-refractivity contribution in [1.29, 1.82) is 0 Å². The zero-order chi connectivity index (χ0) is 12.3. The molecule has 1 aliphatic rings. The molecule has 0 spiro atoms. The van der Waals surface area contributed by atoms with Gasteiger partial charge in [-0.05, 0) is 6.42 Å². The number of nitrogens with one attached hydrogen (secondary N) is 1. The SMILES string of the molecule is NC1C[C@@H](CNC(=O)C(Cl)Cl)O[C@@H](O)C1O. The molecule has 6 nitrogen and oxygen atoms in total. The van der Waals surface area contributed by atoms with Gasteiger partial charge in [-0.25, -0.2) is 0 Å². The summed E-state index contributed by atoms with van der Waals surface area (Å²) in [4.78, 5) is 9.89. The second-order valence-electron chi connectivity index (χ2n) is 3.58. The van der Waals surface area contributed by atoms with Crippen LogP contribution in [0.2, 0.25) is 0 Å². The highest BCUT2D eigenvalue weighted by Crippen LogP contribution is 2.17. The highest BCUT2D eigenvalue weighted by atomic mass is 35.5. The smallest absolute Gasteiger partial charge is 0.253 e. The quantitative estimate of drug-likeness (QED) is 0.478. The number of alkyl halides is 2. The van der Waals surface area contributed by atoms with Gasteiger partial charge in [-0.3, -0.25) is 4.79 Å². The summed E-state index contributed by atoms with van der Waals surface area (Å²) >= 11 is 10.6. The molecular formula is C8H14Cl2N2O4. The van der Waals surface area contributed by atoms with Gasteiger partial charge in [-0.2, -0.15) is 0 Å². The van der Waals surface area contributed by atoms with Crippen molar-refractivity contribution in [1.82, 2.24) is 5.32 Å². The lowest BCUT2D eigenvalue weighted by Crippen LogP contribution is -2.54. The number of hydrogen-bond donors (Lipinski definition) is 4. The number of amides is 1. The topological polar surface area (TPSA) is 105 Å². The van der Waals surface area contributed by atoms with E-state index in [4.69, 9.17) is 33.7 Å². The zero-order valence-corrected chi connectivity index (χ0v) is 9.86. The van der Waals surface area contributed by atoms with Crippen LogP contribution in [0.4, 0.5) is 0 Å². The fourth-order valence-corrected chi connectivity index (χ4v) is 1.57. The van der Waals surface area contributed by atoms with E-state index in [1.54, 1.807) is 0 Å². The molecule has 1 aliphatic heterocycles. The van der Waals surface area contributed by atoms with Crippen molar-refractivity contribution in [3.05, 3.63) is 0 Å². The monoisotopic (exact) mass is 272 g/mol. The maximum Gasteiger partial charge on any atom is 0.253 e. The van der Waals surface area contributed by atoms with Crippen molar-refractivity contribution in [2.75, 3.05) is 6.54 Å². The number of nitrogens with two attached hydrogens (primary N) is 1. The first-order valence-electron chi connectivity index (χ1n) is 4.75. The fourth-order valence-electron chi connectivity index (χ4n) is 1.41. The molecule has 1 fully saturated rings. The molecule has 0 aromatic carbocycles. The Hall–Kier alpha value is -0.110. The minimum Gasteiger partial charge on any atom is -0.386 e. The van der Waals surface area contributed by atoms with Crippen LogP contribution in [0.5, 0.6) is 0 Å². The summed E-state index contributed by atoms with van der Waals surface area (Å²) in [5, 5.41) is 21.0. The predicted octanol–water partition coefficient (Wildman–Crippen LogP) is -1.30. The minimum atomic E-state index is -1.34. The summed E-state index contributed by atoms with van der Waals surface area (Å²) in [5.41, 5.74) is 5.57. The molecule has 16 heavy (non-hydrogen) atoms. The van der Waals surface area contributed by atoms with E-state index in [0.717, 1.165) is 0 Å². The Morgan fingerprint density at radius 3 is 2.69 bits per heavy atom. The van der Waals surface area contributed by atoms with Gasteiger partial charge in [0, 0.05) is 12.6 Å². The average molecular weight is 273 g/mol. The Labute approximate surface area is 103 Å². The Morgan fingerprint density at radius 2 is 2.19 bits per heavy atom. The van der Waals surface area contributed by atoms with Gasteiger partial charge in [0.25, 0.3) is 5.91 Å². The lowest BCUT2D eigenvalue weighted by Gasteiger charge is -2.35. The Morgan fingerprint density at radius 1 is 1.56 bits per heavy atom. The van der Waals surface area contributed by atoms with Crippen molar-refractivity contribution in [3.63, 3.8) is 0 Å². The highest BCUT2D eigenvalue weighted by Gasteiger charge is 2.34. The molecule has 1 heterocycles. The molecular weight excluding hydrogens is 259 g/mol. The average Bonchev–Trinajstić information content (AvgIpc) is 2.22. The molecule has 0 aromatic rings. The standard InChI is InChI=1S/C8H14Cl2N2O4/c9-6(10)7(14)12-2-3-1-4(11)5(13)8(15)16-3/h3-6,8,13,15H,1-2,11H2,(H,12,14)/t3-,4?,5?,8+/m0/s1. The second-order valence-corrected chi connectivity index (χ2v) is 4.68. The largest absolute Gasteiger partial charge is 0.386 e. The van der Waals surface area contributed by atoms with Crippen LogP contribution in [0.3, 0.4) is 0 Å². The third kappa shape index (κ3) is 3.73. The summed E-state index contributed by atoms with van der Waals surface area (Å²) in [6.45, 7) is 0.131. The van der Waals surface area contributed by atoms with E-state index in [1.807, 2.05) is 0 Å². The summed E-state index contributed by atoms with van der Waals surface area (Å²) in [7, 11) is 0. The normalized spacial score (nSPS) is 35.1. The van der Waals surface area contributed by atoms with Crippen molar-refractivity contribution >= 4 is 29.1 Å². The first-order chi connectivity index (χ1) is 7.41. The van der Waals surface area contributed by atoms with Crippen molar-refractivity contribution in [3.8, 4) is 0 Å². The zero-order valence-electron chi connectivity index (χ0n) is 8.35. The van der Waals surface area contributed by atoms with Gasteiger partial charge in [0.2, 0.25) is 0 Å². The van der Waals surface area contributed by atoms with Crippen molar-refractivity contribution < 1.29 is 19.7 Å². The van der Waals surface area contributed by atoms with E-state index in [0.29, 0.717) is 6.42 Å². The molecule has 0 aromatic heterocycles. The molecule has 4 atom stereocenters. The molecule has 8 heteroatoms. The van der Waals surface area contributed by atoms with Crippen LogP contribution in [0.1, 0.15) is 6.42 Å². The first kappa shape index (κ1) is 14.0. The van der Waals surface area contributed by atoms with Crippen LogP contribution < -0.4 is 11.1 Å². The first-order valence-corrected chi connectivity index (χ1v) is 5.62. The van der Waals surface area contributed by atoms with Gasteiger partial charge >= 0.3 is 0 Å².